The van der Waals surface area contributed by atoms with Crippen LogP contribution < -0.4 is 0 Å². The molecule has 1 N–H and O–H groups in total. The van der Waals surface area contributed by atoms with E-state index >= 15 is 0 Å². The number of ether oxygens (including phenoxy) is 1. The molecule has 8 heteroatoms. The highest BCUT2D eigenvalue weighted by atomic mass is 19.4. The Bertz CT molecular complexity index is 395. The molecule has 1 atom stereocenters. The Balaban J connectivity index is 1.70. The number of piperidine rings is 1. The molecular formula is C14H23F3N2O3. The maximum atomic E-state index is 12.2. The lowest BCUT2D eigenvalue weighted by Crippen LogP contribution is -2.46. The minimum absolute atomic E-state index is 0.196. The summed E-state index contributed by atoms with van der Waals surface area (Å²) in [6.45, 7) is 0.743. The standard InChI is InChI=1S/C14H23F3N2O3/c1-18-5-2-13(12(18)21)3-6-19(7-4-13)8-11(20)9-22-10-14(15,16)17/h11,20H,2-10H2,1H3. The molecule has 0 aromatic rings. The predicted octanol–water partition coefficient (Wildman–Crippen LogP) is 0.870. The van der Waals surface area contributed by atoms with Gasteiger partial charge in [-0.05, 0) is 32.4 Å². The molecule has 2 fully saturated rings. The maximum absolute atomic E-state index is 12.2. The van der Waals surface area contributed by atoms with Crippen molar-refractivity contribution in [1.82, 2.24) is 9.80 Å². The SMILES string of the molecule is CN1CCC2(CCN(CC(O)COCC(F)(F)F)CC2)C1=O. The van der Waals surface area contributed by atoms with E-state index in [4.69, 9.17) is 0 Å². The third-order valence-electron chi connectivity index (χ3n) is 4.58. The fourth-order valence-corrected chi connectivity index (χ4v) is 3.28. The first-order valence-corrected chi connectivity index (χ1v) is 7.52. The summed E-state index contributed by atoms with van der Waals surface area (Å²) < 4.78 is 40.3. The van der Waals surface area contributed by atoms with Crippen LogP contribution in [0.15, 0.2) is 0 Å². The summed E-state index contributed by atoms with van der Waals surface area (Å²) in [5.74, 6) is 0.196. The van der Waals surface area contributed by atoms with Gasteiger partial charge < -0.3 is 19.6 Å². The van der Waals surface area contributed by atoms with E-state index in [0.29, 0.717) is 13.1 Å². The molecule has 2 rings (SSSR count). The number of hydrogen-bond acceptors (Lipinski definition) is 4. The molecule has 1 amide bonds. The van der Waals surface area contributed by atoms with Gasteiger partial charge in [-0.1, -0.05) is 0 Å². The van der Waals surface area contributed by atoms with Gasteiger partial charge in [0.15, 0.2) is 0 Å². The Hall–Kier alpha value is -0.860. The highest BCUT2D eigenvalue weighted by Gasteiger charge is 2.46. The lowest BCUT2D eigenvalue weighted by atomic mass is 9.77. The predicted molar refractivity (Wildman–Crippen MR) is 73.2 cm³/mol. The minimum Gasteiger partial charge on any atom is -0.389 e. The lowest BCUT2D eigenvalue weighted by Gasteiger charge is -2.38. The van der Waals surface area contributed by atoms with E-state index in [1.54, 1.807) is 4.90 Å². The fourth-order valence-electron chi connectivity index (χ4n) is 3.28. The number of halogens is 3. The average molecular weight is 324 g/mol. The molecule has 2 aliphatic heterocycles. The number of carbonyl (C=O) groups is 1. The first kappa shape index (κ1) is 17.5. The minimum atomic E-state index is -4.37. The maximum Gasteiger partial charge on any atom is 0.411 e. The van der Waals surface area contributed by atoms with E-state index in [1.807, 2.05) is 11.9 Å². The summed E-state index contributed by atoms with van der Waals surface area (Å²) in [5.41, 5.74) is -0.261. The zero-order valence-electron chi connectivity index (χ0n) is 12.7. The number of alkyl halides is 3. The first-order valence-electron chi connectivity index (χ1n) is 7.52. The van der Waals surface area contributed by atoms with Crippen LogP contribution in [0.4, 0.5) is 13.2 Å². The van der Waals surface area contributed by atoms with Crippen LogP contribution >= 0.6 is 0 Å². The van der Waals surface area contributed by atoms with Crippen LogP contribution in [0.2, 0.25) is 0 Å². The Labute approximate surface area is 128 Å². The van der Waals surface area contributed by atoms with Gasteiger partial charge in [-0.2, -0.15) is 13.2 Å². The molecule has 0 aromatic heterocycles. The largest absolute Gasteiger partial charge is 0.411 e. The van der Waals surface area contributed by atoms with E-state index < -0.39 is 18.9 Å². The quantitative estimate of drug-likeness (QED) is 0.815. The van der Waals surface area contributed by atoms with E-state index in [9.17, 15) is 23.1 Å². The van der Waals surface area contributed by atoms with Crippen LogP contribution in [0.5, 0.6) is 0 Å². The van der Waals surface area contributed by atoms with Crippen molar-refractivity contribution in [3.8, 4) is 0 Å². The van der Waals surface area contributed by atoms with Gasteiger partial charge in [0, 0.05) is 20.1 Å². The van der Waals surface area contributed by atoms with Crippen molar-refractivity contribution in [1.29, 1.82) is 0 Å². The van der Waals surface area contributed by atoms with Crippen LogP contribution in [-0.2, 0) is 9.53 Å². The van der Waals surface area contributed by atoms with Gasteiger partial charge in [-0.15, -0.1) is 0 Å². The number of likely N-dealkylation sites (tertiary alicyclic amines) is 2. The topological polar surface area (TPSA) is 53.0 Å². The number of hydrogen-bond donors (Lipinski definition) is 1. The van der Waals surface area contributed by atoms with Crippen LogP contribution in [-0.4, -0.2) is 79.5 Å². The fraction of sp³-hybridized carbons (Fsp3) is 0.929. The number of rotatable bonds is 5. The molecule has 5 nitrogen and oxygen atoms in total. The van der Waals surface area contributed by atoms with Crippen molar-refractivity contribution in [3.63, 3.8) is 0 Å². The molecule has 0 radical (unpaired) electrons. The van der Waals surface area contributed by atoms with Crippen molar-refractivity contribution in [2.45, 2.75) is 31.5 Å². The number of β-amino-alcohol motifs (C(OH)–C–C–N with tert-alkyl or cyclic N) is 1. The van der Waals surface area contributed by atoms with Gasteiger partial charge in [-0.25, -0.2) is 0 Å². The molecule has 1 spiro atoms. The second-order valence-corrected chi connectivity index (χ2v) is 6.34. The number of aliphatic hydroxyl groups is 1. The highest BCUT2D eigenvalue weighted by Crippen LogP contribution is 2.40. The summed E-state index contributed by atoms with van der Waals surface area (Å²) in [6, 6.07) is 0. The third kappa shape index (κ3) is 4.33. The zero-order valence-corrected chi connectivity index (χ0v) is 12.7. The summed E-state index contributed by atoms with van der Waals surface area (Å²) in [4.78, 5) is 15.9. The van der Waals surface area contributed by atoms with Crippen LogP contribution in [0.25, 0.3) is 0 Å². The molecule has 0 aromatic carbocycles. The van der Waals surface area contributed by atoms with Crippen LogP contribution in [0, 0.1) is 5.41 Å². The van der Waals surface area contributed by atoms with Crippen LogP contribution in [0.3, 0.4) is 0 Å². The lowest BCUT2D eigenvalue weighted by molar-refractivity contribution is -0.179. The monoisotopic (exact) mass is 324 g/mol. The Morgan fingerprint density at radius 2 is 1.86 bits per heavy atom. The first-order chi connectivity index (χ1) is 10.2. The number of amides is 1. The normalized spacial score (nSPS) is 24.2. The van der Waals surface area contributed by atoms with Gasteiger partial charge in [0.25, 0.3) is 0 Å². The van der Waals surface area contributed by atoms with Gasteiger partial charge in [0.2, 0.25) is 5.91 Å². The van der Waals surface area contributed by atoms with E-state index in [1.165, 1.54) is 0 Å². The van der Waals surface area contributed by atoms with Gasteiger partial charge in [0.1, 0.15) is 6.61 Å². The molecular weight excluding hydrogens is 301 g/mol. The van der Waals surface area contributed by atoms with Crippen molar-refractivity contribution < 1.29 is 27.8 Å². The van der Waals surface area contributed by atoms with Crippen molar-refractivity contribution in [2.24, 2.45) is 5.41 Å². The van der Waals surface area contributed by atoms with Crippen molar-refractivity contribution in [3.05, 3.63) is 0 Å². The summed E-state index contributed by atoms with van der Waals surface area (Å²) >= 11 is 0. The van der Waals surface area contributed by atoms with E-state index in [-0.39, 0.29) is 24.5 Å². The number of nitrogens with zero attached hydrogens (tertiary/aromatic N) is 2. The second kappa shape index (κ2) is 6.72. The second-order valence-electron chi connectivity index (χ2n) is 6.34. The molecule has 0 saturated carbocycles. The van der Waals surface area contributed by atoms with E-state index in [0.717, 1.165) is 25.8 Å². The molecule has 2 aliphatic rings. The molecule has 2 saturated heterocycles. The summed E-state index contributed by atoms with van der Waals surface area (Å²) in [7, 11) is 1.81. The third-order valence-corrected chi connectivity index (χ3v) is 4.58. The molecule has 1 unspecified atom stereocenters. The van der Waals surface area contributed by atoms with Crippen molar-refractivity contribution >= 4 is 5.91 Å². The van der Waals surface area contributed by atoms with Gasteiger partial charge in [-0.3, -0.25) is 4.79 Å². The molecule has 22 heavy (non-hydrogen) atoms. The number of carbonyl (C=O) groups excluding carboxylic acids is 1. The molecule has 2 heterocycles. The highest BCUT2D eigenvalue weighted by molar-refractivity contribution is 5.84. The Morgan fingerprint density at radius 1 is 1.27 bits per heavy atom. The number of aliphatic hydroxyl groups excluding tert-OH is 1. The van der Waals surface area contributed by atoms with E-state index in [2.05, 4.69) is 4.74 Å². The summed E-state index contributed by atoms with van der Waals surface area (Å²) in [6.07, 6.45) is -2.96. The molecule has 0 aliphatic carbocycles. The summed E-state index contributed by atoms with van der Waals surface area (Å²) in [5, 5.41) is 9.74. The zero-order chi connectivity index (χ0) is 16.4. The van der Waals surface area contributed by atoms with Crippen molar-refractivity contribution in [2.75, 3.05) is 46.4 Å². The smallest absolute Gasteiger partial charge is 0.389 e. The Kier molecular flexibility index (Phi) is 5.34. The molecule has 0 bridgehead atoms. The van der Waals surface area contributed by atoms with Gasteiger partial charge >= 0.3 is 6.18 Å². The Morgan fingerprint density at radius 3 is 2.36 bits per heavy atom. The van der Waals surface area contributed by atoms with Gasteiger partial charge in [0.05, 0.1) is 18.1 Å². The molecule has 128 valence electrons. The van der Waals surface area contributed by atoms with Crippen LogP contribution in [0.1, 0.15) is 19.3 Å². The average Bonchev–Trinajstić information content (AvgIpc) is 2.69.